The van der Waals surface area contributed by atoms with Crippen LogP contribution in [0.2, 0.25) is 0 Å². The highest BCUT2D eigenvalue weighted by Crippen LogP contribution is 2.35. The molecule has 2 atom stereocenters. The van der Waals surface area contributed by atoms with Crippen molar-refractivity contribution >= 4 is 5.91 Å². The van der Waals surface area contributed by atoms with Gasteiger partial charge >= 0.3 is 0 Å². The number of aliphatic hydroxyl groups is 1. The van der Waals surface area contributed by atoms with Crippen LogP contribution in [0.1, 0.15) is 32.6 Å². The highest BCUT2D eigenvalue weighted by molar-refractivity contribution is 5.77. The summed E-state index contributed by atoms with van der Waals surface area (Å²) in [5.41, 5.74) is -0.165. The van der Waals surface area contributed by atoms with Crippen molar-refractivity contribution in [3.8, 4) is 0 Å². The van der Waals surface area contributed by atoms with Crippen molar-refractivity contribution in [3.05, 3.63) is 0 Å². The first kappa shape index (κ1) is 12.5. The van der Waals surface area contributed by atoms with Crippen LogP contribution in [0.3, 0.4) is 0 Å². The first-order valence-corrected chi connectivity index (χ1v) is 5.52. The lowest BCUT2D eigenvalue weighted by Gasteiger charge is -2.38. The molecule has 1 rings (SSSR count). The van der Waals surface area contributed by atoms with Gasteiger partial charge in [-0.25, -0.2) is 0 Å². The van der Waals surface area contributed by atoms with Gasteiger partial charge in [0.15, 0.2) is 0 Å². The van der Waals surface area contributed by atoms with Gasteiger partial charge in [-0.2, -0.15) is 0 Å². The number of ether oxygens (including phenoxy) is 1. The van der Waals surface area contributed by atoms with Crippen LogP contribution in [-0.2, 0) is 9.53 Å². The minimum Gasteiger partial charge on any atom is -0.392 e. The van der Waals surface area contributed by atoms with Crippen molar-refractivity contribution in [2.24, 2.45) is 5.41 Å². The van der Waals surface area contributed by atoms with Crippen LogP contribution in [0, 0.1) is 5.41 Å². The fraction of sp³-hybridized carbons (Fsp3) is 0.909. The van der Waals surface area contributed by atoms with E-state index in [2.05, 4.69) is 5.32 Å². The fourth-order valence-corrected chi connectivity index (χ4v) is 2.07. The summed E-state index contributed by atoms with van der Waals surface area (Å²) in [5.74, 6) is -0.114. The Balaban J connectivity index is 2.37. The highest BCUT2D eigenvalue weighted by atomic mass is 16.5. The molecular formula is C11H21NO3. The van der Waals surface area contributed by atoms with Crippen LogP contribution >= 0.6 is 0 Å². The predicted octanol–water partition coefficient (Wildman–Crippen LogP) is 0.690. The molecule has 0 aromatic carbocycles. The van der Waals surface area contributed by atoms with Crippen molar-refractivity contribution in [2.75, 3.05) is 20.3 Å². The van der Waals surface area contributed by atoms with Gasteiger partial charge < -0.3 is 15.2 Å². The third kappa shape index (κ3) is 3.47. The molecule has 1 saturated carbocycles. The normalized spacial score (nSPS) is 31.3. The SMILES string of the molecule is COCC(=O)NCC1(C)CCCCC1O. The second-order valence-electron chi connectivity index (χ2n) is 4.63. The van der Waals surface area contributed by atoms with Crippen molar-refractivity contribution < 1.29 is 14.6 Å². The maximum Gasteiger partial charge on any atom is 0.246 e. The maximum absolute atomic E-state index is 11.2. The number of carbonyl (C=O) groups is 1. The van der Waals surface area contributed by atoms with E-state index in [-0.39, 0.29) is 24.0 Å². The molecule has 0 aliphatic heterocycles. The molecule has 0 radical (unpaired) electrons. The molecule has 0 spiro atoms. The van der Waals surface area contributed by atoms with Crippen molar-refractivity contribution in [1.82, 2.24) is 5.32 Å². The Kier molecular flexibility index (Phi) is 4.54. The van der Waals surface area contributed by atoms with Crippen molar-refractivity contribution in [3.63, 3.8) is 0 Å². The number of nitrogens with one attached hydrogen (secondary N) is 1. The summed E-state index contributed by atoms with van der Waals surface area (Å²) in [6.07, 6.45) is 3.74. The molecule has 1 amide bonds. The molecule has 2 unspecified atom stereocenters. The van der Waals surface area contributed by atoms with Gasteiger partial charge in [-0.15, -0.1) is 0 Å². The van der Waals surface area contributed by atoms with Gasteiger partial charge in [0, 0.05) is 19.1 Å². The Morgan fingerprint density at radius 1 is 1.60 bits per heavy atom. The number of hydrogen-bond donors (Lipinski definition) is 2. The van der Waals surface area contributed by atoms with E-state index in [0.29, 0.717) is 6.54 Å². The van der Waals surface area contributed by atoms with Gasteiger partial charge in [0.1, 0.15) is 6.61 Å². The standard InChI is InChI=1S/C11H21NO3/c1-11(6-4-3-5-9(11)13)8-12-10(14)7-15-2/h9,13H,3-8H2,1-2H3,(H,12,14). The van der Waals surface area contributed by atoms with Gasteiger partial charge in [0.2, 0.25) is 5.91 Å². The smallest absolute Gasteiger partial charge is 0.246 e. The molecule has 15 heavy (non-hydrogen) atoms. The Morgan fingerprint density at radius 2 is 2.33 bits per heavy atom. The lowest BCUT2D eigenvalue weighted by molar-refractivity contribution is -0.125. The molecule has 4 heteroatoms. The minimum absolute atomic E-state index is 0.0895. The second-order valence-corrected chi connectivity index (χ2v) is 4.63. The van der Waals surface area contributed by atoms with E-state index in [4.69, 9.17) is 4.74 Å². The average Bonchev–Trinajstić information content (AvgIpc) is 2.21. The van der Waals surface area contributed by atoms with E-state index in [1.54, 1.807) is 0 Å². The average molecular weight is 215 g/mol. The molecule has 88 valence electrons. The van der Waals surface area contributed by atoms with E-state index in [9.17, 15) is 9.90 Å². The van der Waals surface area contributed by atoms with Crippen LogP contribution in [-0.4, -0.2) is 37.4 Å². The Morgan fingerprint density at radius 3 is 2.93 bits per heavy atom. The van der Waals surface area contributed by atoms with Gasteiger partial charge in [-0.3, -0.25) is 4.79 Å². The van der Waals surface area contributed by atoms with Crippen LogP contribution in [0.15, 0.2) is 0 Å². The van der Waals surface area contributed by atoms with Gasteiger partial charge in [0.25, 0.3) is 0 Å². The van der Waals surface area contributed by atoms with Crippen LogP contribution in [0.25, 0.3) is 0 Å². The first-order valence-electron chi connectivity index (χ1n) is 5.52. The molecule has 0 aromatic heterocycles. The van der Waals surface area contributed by atoms with Crippen LogP contribution in [0.5, 0.6) is 0 Å². The lowest BCUT2D eigenvalue weighted by atomic mass is 9.73. The van der Waals surface area contributed by atoms with E-state index in [1.165, 1.54) is 7.11 Å². The van der Waals surface area contributed by atoms with Crippen LogP contribution in [0.4, 0.5) is 0 Å². The number of carbonyl (C=O) groups excluding carboxylic acids is 1. The first-order chi connectivity index (χ1) is 7.08. The van der Waals surface area contributed by atoms with E-state index < -0.39 is 0 Å². The molecule has 2 N–H and O–H groups in total. The summed E-state index contributed by atoms with van der Waals surface area (Å²) in [7, 11) is 1.50. The monoisotopic (exact) mass is 215 g/mol. The second kappa shape index (κ2) is 5.47. The number of methoxy groups -OCH3 is 1. The Labute approximate surface area is 91.0 Å². The summed E-state index contributed by atoms with van der Waals surface area (Å²) < 4.78 is 4.73. The quantitative estimate of drug-likeness (QED) is 0.725. The molecule has 4 nitrogen and oxygen atoms in total. The van der Waals surface area contributed by atoms with Gasteiger partial charge in [-0.1, -0.05) is 19.8 Å². The summed E-state index contributed by atoms with van der Waals surface area (Å²) in [4.78, 5) is 11.2. The summed E-state index contributed by atoms with van der Waals surface area (Å²) in [5, 5.41) is 12.7. The molecule has 1 aliphatic carbocycles. The third-order valence-electron chi connectivity index (χ3n) is 3.24. The highest BCUT2D eigenvalue weighted by Gasteiger charge is 2.35. The number of hydrogen-bond acceptors (Lipinski definition) is 3. The Hall–Kier alpha value is -0.610. The molecule has 1 aliphatic rings. The zero-order valence-corrected chi connectivity index (χ0v) is 9.58. The largest absolute Gasteiger partial charge is 0.392 e. The minimum atomic E-state index is -0.297. The van der Waals surface area contributed by atoms with Crippen molar-refractivity contribution in [1.29, 1.82) is 0 Å². The maximum atomic E-state index is 11.2. The molecule has 1 fully saturated rings. The number of amides is 1. The number of rotatable bonds is 4. The van der Waals surface area contributed by atoms with Crippen LogP contribution < -0.4 is 5.32 Å². The van der Waals surface area contributed by atoms with E-state index in [0.717, 1.165) is 25.7 Å². The summed E-state index contributed by atoms with van der Waals surface area (Å²) in [6, 6.07) is 0. The van der Waals surface area contributed by atoms with E-state index >= 15 is 0 Å². The van der Waals surface area contributed by atoms with Crippen molar-refractivity contribution in [2.45, 2.75) is 38.7 Å². The molecular weight excluding hydrogens is 194 g/mol. The fourth-order valence-electron chi connectivity index (χ4n) is 2.07. The van der Waals surface area contributed by atoms with Gasteiger partial charge in [-0.05, 0) is 12.8 Å². The molecule has 0 aromatic rings. The molecule has 0 saturated heterocycles. The summed E-state index contributed by atoms with van der Waals surface area (Å²) >= 11 is 0. The zero-order chi connectivity index (χ0) is 11.3. The predicted molar refractivity (Wildman–Crippen MR) is 57.5 cm³/mol. The van der Waals surface area contributed by atoms with E-state index in [1.807, 2.05) is 6.92 Å². The Bertz CT molecular complexity index is 220. The molecule has 0 bridgehead atoms. The molecule has 0 heterocycles. The third-order valence-corrected chi connectivity index (χ3v) is 3.24. The lowest BCUT2D eigenvalue weighted by Crippen LogP contribution is -2.45. The summed E-state index contributed by atoms with van der Waals surface area (Å²) in [6.45, 7) is 2.66. The topological polar surface area (TPSA) is 58.6 Å². The zero-order valence-electron chi connectivity index (χ0n) is 9.58. The number of aliphatic hydroxyl groups excluding tert-OH is 1. The van der Waals surface area contributed by atoms with Gasteiger partial charge in [0.05, 0.1) is 6.10 Å².